The maximum atomic E-state index is 13.2. The molecule has 0 aliphatic carbocycles. The summed E-state index contributed by atoms with van der Waals surface area (Å²) in [7, 11) is 0. The summed E-state index contributed by atoms with van der Waals surface area (Å²) in [6, 6.07) is 21.4. The highest BCUT2D eigenvalue weighted by Crippen LogP contribution is 2.41. The lowest BCUT2D eigenvalue weighted by atomic mass is 9.94. The summed E-state index contributed by atoms with van der Waals surface area (Å²) in [5, 5.41) is 18.6. The minimum atomic E-state index is -0.833. The number of carbonyl (C=O) groups excluding carboxylic acids is 2. The Morgan fingerprint density at radius 1 is 0.889 bits per heavy atom. The van der Waals surface area contributed by atoms with Crippen LogP contribution in [0.3, 0.4) is 0 Å². The van der Waals surface area contributed by atoms with Crippen LogP contribution in [0.4, 0.5) is 5.95 Å². The predicted molar refractivity (Wildman–Crippen MR) is 137 cm³/mol. The number of fused-ring (bicyclic) bond motifs is 1. The number of aliphatic carboxylic acids is 1. The number of Topliss-reactive ketones (excluding diaryl/α,β-unsaturated/α-hetero) is 1. The maximum absolute atomic E-state index is 13.2. The van der Waals surface area contributed by atoms with Crippen molar-refractivity contribution in [3.05, 3.63) is 101 Å². The molecule has 1 aliphatic heterocycles. The van der Waals surface area contributed by atoms with E-state index in [1.807, 2.05) is 74.5 Å². The molecule has 1 amide bonds. The van der Waals surface area contributed by atoms with E-state index in [-0.39, 0.29) is 17.3 Å². The Labute approximate surface area is 207 Å². The second-order valence-electron chi connectivity index (χ2n) is 8.54. The van der Waals surface area contributed by atoms with Crippen molar-refractivity contribution < 1.29 is 24.6 Å². The number of aliphatic hydroxyl groups excluding tert-OH is 1. The molecule has 3 N–H and O–H groups in total. The molecule has 1 atom stereocenters. The number of nitrogens with zero attached hydrogens (tertiary/aromatic N) is 2. The number of aliphatic hydroxyl groups is 1. The summed E-state index contributed by atoms with van der Waals surface area (Å²) in [6.07, 6.45) is 0. The standard InChI is InChI=1S/C26H21N3O3.C2H4O2/c1-15-7-11-17(12-8-15)22-21(23(30)18-13-9-16(2)10-14-18)24(31)25(32)29(22)26-27-19-5-3-4-6-20(19)28-26;1-2(3)4/h3-14,22,30H,1-2H3,(H,27,28);1H3,(H,3,4)/b23-21+;. The number of hydrogen-bond donors (Lipinski definition) is 3. The lowest BCUT2D eigenvalue weighted by Gasteiger charge is -2.23. The number of rotatable bonds is 3. The molecule has 1 fully saturated rings. The number of aromatic nitrogens is 2. The van der Waals surface area contributed by atoms with Gasteiger partial charge in [0.25, 0.3) is 11.8 Å². The topological polar surface area (TPSA) is 124 Å². The third-order valence-electron chi connectivity index (χ3n) is 5.77. The molecular formula is C28H25N3O5. The van der Waals surface area contributed by atoms with E-state index in [0.29, 0.717) is 16.6 Å². The Hall–Kier alpha value is -4.72. The van der Waals surface area contributed by atoms with E-state index >= 15 is 0 Å². The summed E-state index contributed by atoms with van der Waals surface area (Å²) < 4.78 is 0. The van der Waals surface area contributed by atoms with Gasteiger partial charge in [0.15, 0.2) is 0 Å². The zero-order valence-electron chi connectivity index (χ0n) is 20.0. The number of aryl methyl sites for hydroxylation is 2. The number of nitrogens with one attached hydrogen (secondary N) is 1. The molecule has 5 rings (SSSR count). The summed E-state index contributed by atoms with van der Waals surface area (Å²) >= 11 is 0. The van der Waals surface area contributed by atoms with Crippen LogP contribution < -0.4 is 4.90 Å². The van der Waals surface area contributed by atoms with Gasteiger partial charge in [-0.2, -0.15) is 0 Å². The van der Waals surface area contributed by atoms with Crippen LogP contribution >= 0.6 is 0 Å². The van der Waals surface area contributed by atoms with Gasteiger partial charge in [0.05, 0.1) is 22.6 Å². The van der Waals surface area contributed by atoms with Crippen molar-refractivity contribution in [3.63, 3.8) is 0 Å². The van der Waals surface area contributed by atoms with E-state index < -0.39 is 23.7 Å². The quantitative estimate of drug-likeness (QED) is 0.216. The van der Waals surface area contributed by atoms with Crippen molar-refractivity contribution in [2.75, 3.05) is 4.90 Å². The van der Waals surface area contributed by atoms with Crippen molar-refractivity contribution in [3.8, 4) is 0 Å². The number of ketones is 1. The summed E-state index contributed by atoms with van der Waals surface area (Å²) in [5.74, 6) is -2.24. The highest BCUT2D eigenvalue weighted by molar-refractivity contribution is 6.51. The zero-order valence-corrected chi connectivity index (χ0v) is 20.0. The molecule has 4 aromatic rings. The summed E-state index contributed by atoms with van der Waals surface area (Å²) in [5.41, 5.74) is 4.76. The van der Waals surface area contributed by atoms with Crippen LogP contribution in [0.5, 0.6) is 0 Å². The molecular weight excluding hydrogens is 458 g/mol. The smallest absolute Gasteiger partial charge is 0.302 e. The number of carbonyl (C=O) groups is 3. The van der Waals surface area contributed by atoms with Gasteiger partial charge < -0.3 is 15.2 Å². The van der Waals surface area contributed by atoms with Crippen LogP contribution in [0.2, 0.25) is 0 Å². The van der Waals surface area contributed by atoms with Crippen LogP contribution in [0.1, 0.15) is 35.2 Å². The molecule has 3 aromatic carbocycles. The molecule has 1 aliphatic rings. The zero-order chi connectivity index (χ0) is 26.0. The third-order valence-corrected chi connectivity index (χ3v) is 5.77. The normalized spacial score (nSPS) is 16.6. The van der Waals surface area contributed by atoms with Gasteiger partial charge in [0.2, 0.25) is 5.95 Å². The molecule has 36 heavy (non-hydrogen) atoms. The summed E-state index contributed by atoms with van der Waals surface area (Å²) in [4.78, 5) is 44.4. The van der Waals surface area contributed by atoms with Crippen molar-refractivity contribution in [2.24, 2.45) is 0 Å². The first-order valence-electron chi connectivity index (χ1n) is 11.3. The Balaban J connectivity index is 0.000000709. The van der Waals surface area contributed by atoms with Gasteiger partial charge in [0.1, 0.15) is 5.76 Å². The average Bonchev–Trinajstić information content (AvgIpc) is 3.38. The monoisotopic (exact) mass is 483 g/mol. The van der Waals surface area contributed by atoms with Gasteiger partial charge in [-0.25, -0.2) is 4.98 Å². The third kappa shape index (κ3) is 4.74. The van der Waals surface area contributed by atoms with E-state index in [4.69, 9.17) is 9.90 Å². The molecule has 182 valence electrons. The minimum Gasteiger partial charge on any atom is -0.507 e. The van der Waals surface area contributed by atoms with E-state index in [1.54, 1.807) is 12.1 Å². The number of H-pyrrole nitrogens is 1. The van der Waals surface area contributed by atoms with E-state index in [2.05, 4.69) is 9.97 Å². The minimum absolute atomic E-state index is 0.0446. The molecule has 0 spiro atoms. The average molecular weight is 484 g/mol. The van der Waals surface area contributed by atoms with Gasteiger partial charge in [0, 0.05) is 12.5 Å². The Morgan fingerprint density at radius 3 is 2.03 bits per heavy atom. The lowest BCUT2D eigenvalue weighted by molar-refractivity contribution is -0.134. The number of anilines is 1. The molecule has 0 bridgehead atoms. The largest absolute Gasteiger partial charge is 0.507 e. The number of para-hydroxylation sites is 2. The van der Waals surface area contributed by atoms with Crippen molar-refractivity contribution in [1.29, 1.82) is 0 Å². The van der Waals surface area contributed by atoms with E-state index in [0.717, 1.165) is 23.6 Å². The number of aromatic amines is 1. The van der Waals surface area contributed by atoms with Gasteiger partial charge in [-0.15, -0.1) is 0 Å². The molecule has 0 saturated carbocycles. The first-order valence-corrected chi connectivity index (χ1v) is 11.3. The molecule has 8 heteroatoms. The number of amides is 1. The van der Waals surface area contributed by atoms with Crippen LogP contribution in [0.25, 0.3) is 16.8 Å². The van der Waals surface area contributed by atoms with Gasteiger partial charge in [-0.3, -0.25) is 19.3 Å². The maximum Gasteiger partial charge on any atom is 0.302 e. The molecule has 1 saturated heterocycles. The first-order chi connectivity index (χ1) is 17.2. The van der Waals surface area contributed by atoms with Gasteiger partial charge >= 0.3 is 5.91 Å². The molecule has 1 aromatic heterocycles. The number of carboxylic acid groups (broad SMARTS) is 1. The fourth-order valence-corrected chi connectivity index (χ4v) is 4.04. The lowest BCUT2D eigenvalue weighted by Crippen LogP contribution is -2.30. The second kappa shape index (κ2) is 9.87. The Kier molecular flexibility index (Phi) is 6.69. The number of hydrogen-bond acceptors (Lipinski definition) is 5. The van der Waals surface area contributed by atoms with Crippen LogP contribution in [0.15, 0.2) is 78.4 Å². The van der Waals surface area contributed by atoms with Gasteiger partial charge in [-0.05, 0) is 31.5 Å². The fraction of sp³-hybridized carbons (Fsp3) is 0.143. The van der Waals surface area contributed by atoms with Crippen LogP contribution in [-0.4, -0.2) is 37.8 Å². The first kappa shape index (κ1) is 24.4. The molecule has 2 heterocycles. The summed E-state index contributed by atoms with van der Waals surface area (Å²) in [6.45, 7) is 4.99. The van der Waals surface area contributed by atoms with Crippen molar-refractivity contribution in [1.82, 2.24) is 9.97 Å². The number of benzene rings is 3. The Bertz CT molecular complexity index is 1450. The Morgan fingerprint density at radius 2 is 1.44 bits per heavy atom. The molecule has 1 unspecified atom stereocenters. The van der Waals surface area contributed by atoms with Crippen molar-refractivity contribution >= 4 is 40.4 Å². The highest BCUT2D eigenvalue weighted by Gasteiger charge is 2.48. The highest BCUT2D eigenvalue weighted by atomic mass is 16.4. The second-order valence-corrected chi connectivity index (χ2v) is 8.54. The van der Waals surface area contributed by atoms with E-state index in [1.165, 1.54) is 4.90 Å². The van der Waals surface area contributed by atoms with Crippen LogP contribution in [-0.2, 0) is 14.4 Å². The molecule has 0 radical (unpaired) electrons. The molecule has 8 nitrogen and oxygen atoms in total. The SMILES string of the molecule is CC(=O)O.Cc1ccc(/C(O)=C2\C(=O)C(=O)N(c3nc4ccccc4[nH]3)C2c2ccc(C)cc2)cc1. The number of carboxylic acids is 1. The van der Waals surface area contributed by atoms with Gasteiger partial charge in [-0.1, -0.05) is 71.8 Å². The van der Waals surface area contributed by atoms with Crippen molar-refractivity contribution in [2.45, 2.75) is 26.8 Å². The van der Waals surface area contributed by atoms with Crippen LogP contribution in [0, 0.1) is 13.8 Å². The fourth-order valence-electron chi connectivity index (χ4n) is 4.04. The number of imidazole rings is 1. The van der Waals surface area contributed by atoms with E-state index in [9.17, 15) is 14.7 Å². The predicted octanol–water partition coefficient (Wildman–Crippen LogP) is 4.90.